The van der Waals surface area contributed by atoms with Gasteiger partial charge in [-0.15, -0.1) is 0 Å². The minimum absolute atomic E-state index is 0.0148. The van der Waals surface area contributed by atoms with Crippen LogP contribution in [0.2, 0.25) is 10.0 Å². The monoisotopic (exact) mass is 175 g/mol. The van der Waals surface area contributed by atoms with Crippen LogP contribution in [0.15, 0.2) is 12.1 Å². The van der Waals surface area contributed by atoms with Crippen LogP contribution in [0.5, 0.6) is 5.75 Å². The summed E-state index contributed by atoms with van der Waals surface area (Å²) in [5.41, 5.74) is 0.615. The molecule has 1 aromatic carbocycles. The van der Waals surface area contributed by atoms with Crippen LogP contribution in [0, 0.1) is 6.92 Å². The van der Waals surface area contributed by atoms with E-state index >= 15 is 0 Å². The van der Waals surface area contributed by atoms with Crippen molar-refractivity contribution in [3.63, 3.8) is 0 Å². The molecule has 0 aliphatic rings. The SMILES string of the molecule is [CH2]c1ccc(O)c(Cl)c1Cl. The molecule has 1 aromatic rings. The number of rotatable bonds is 0. The van der Waals surface area contributed by atoms with E-state index in [4.69, 9.17) is 28.3 Å². The Morgan fingerprint density at radius 2 is 1.80 bits per heavy atom. The van der Waals surface area contributed by atoms with Gasteiger partial charge in [-0.2, -0.15) is 0 Å². The lowest BCUT2D eigenvalue weighted by Gasteiger charge is -2.00. The largest absolute Gasteiger partial charge is 0.506 e. The Labute approximate surface area is 69.2 Å². The van der Waals surface area contributed by atoms with E-state index in [9.17, 15) is 0 Å². The second-order valence-electron chi connectivity index (χ2n) is 1.87. The summed E-state index contributed by atoms with van der Waals surface area (Å²) in [7, 11) is 0. The maximum absolute atomic E-state index is 8.98. The van der Waals surface area contributed by atoms with Crippen LogP contribution >= 0.6 is 23.2 Å². The molecule has 0 unspecified atom stereocenters. The Balaban J connectivity index is 3.34. The molecule has 0 saturated heterocycles. The van der Waals surface area contributed by atoms with Gasteiger partial charge in [0.15, 0.2) is 0 Å². The Morgan fingerprint density at radius 3 is 2.30 bits per heavy atom. The summed E-state index contributed by atoms with van der Waals surface area (Å²) < 4.78 is 0. The zero-order valence-corrected chi connectivity index (χ0v) is 6.58. The van der Waals surface area contributed by atoms with Crippen molar-refractivity contribution in [3.05, 3.63) is 34.7 Å². The molecule has 0 fully saturated rings. The van der Waals surface area contributed by atoms with Gasteiger partial charge in [-0.3, -0.25) is 0 Å². The van der Waals surface area contributed by atoms with Crippen LogP contribution < -0.4 is 0 Å². The molecular weight excluding hydrogens is 171 g/mol. The van der Waals surface area contributed by atoms with Gasteiger partial charge in [0.25, 0.3) is 0 Å². The molecule has 1 N–H and O–H groups in total. The Hall–Kier alpha value is -0.400. The molecule has 0 atom stereocenters. The maximum atomic E-state index is 8.98. The molecule has 0 spiro atoms. The number of aromatic hydroxyl groups is 1. The number of benzene rings is 1. The zero-order chi connectivity index (χ0) is 7.72. The van der Waals surface area contributed by atoms with Gasteiger partial charge in [0, 0.05) is 0 Å². The lowest BCUT2D eigenvalue weighted by Crippen LogP contribution is -1.76. The van der Waals surface area contributed by atoms with Gasteiger partial charge in [-0.05, 0) is 18.6 Å². The molecule has 1 radical (unpaired) electrons. The van der Waals surface area contributed by atoms with Crippen molar-refractivity contribution >= 4 is 23.2 Å². The molecule has 0 aliphatic carbocycles. The summed E-state index contributed by atoms with van der Waals surface area (Å²) in [6, 6.07) is 3.06. The molecule has 3 heteroatoms. The molecule has 10 heavy (non-hydrogen) atoms. The van der Waals surface area contributed by atoms with Crippen molar-refractivity contribution in [2.75, 3.05) is 0 Å². The van der Waals surface area contributed by atoms with E-state index in [-0.39, 0.29) is 10.8 Å². The average Bonchev–Trinajstić information content (AvgIpc) is 1.93. The summed E-state index contributed by atoms with van der Waals surface area (Å²) in [5.74, 6) is -0.0148. The van der Waals surface area contributed by atoms with Gasteiger partial charge >= 0.3 is 0 Å². The first-order valence-corrected chi connectivity index (χ1v) is 3.37. The molecule has 0 amide bonds. The molecular formula is C7H5Cl2O. The highest BCUT2D eigenvalue weighted by Gasteiger charge is 2.04. The first-order chi connectivity index (χ1) is 4.63. The highest BCUT2D eigenvalue weighted by atomic mass is 35.5. The molecule has 53 valence electrons. The van der Waals surface area contributed by atoms with Crippen molar-refractivity contribution in [1.29, 1.82) is 0 Å². The van der Waals surface area contributed by atoms with Gasteiger partial charge in [0.05, 0.1) is 5.02 Å². The number of hydrogen-bond donors (Lipinski definition) is 1. The molecule has 0 bridgehead atoms. The van der Waals surface area contributed by atoms with Crippen molar-refractivity contribution < 1.29 is 5.11 Å². The number of halogens is 2. The van der Waals surface area contributed by atoms with E-state index in [1.54, 1.807) is 6.07 Å². The fraction of sp³-hybridized carbons (Fsp3) is 0. The Bertz CT molecular complexity index is 231. The van der Waals surface area contributed by atoms with Crippen LogP contribution in [-0.4, -0.2) is 5.11 Å². The van der Waals surface area contributed by atoms with Gasteiger partial charge in [0.1, 0.15) is 10.8 Å². The van der Waals surface area contributed by atoms with Gasteiger partial charge in [0.2, 0.25) is 0 Å². The highest BCUT2D eigenvalue weighted by molar-refractivity contribution is 6.43. The van der Waals surface area contributed by atoms with Gasteiger partial charge < -0.3 is 5.11 Å². The highest BCUT2D eigenvalue weighted by Crippen LogP contribution is 2.32. The van der Waals surface area contributed by atoms with E-state index in [2.05, 4.69) is 6.92 Å². The van der Waals surface area contributed by atoms with Crippen molar-refractivity contribution in [2.24, 2.45) is 0 Å². The number of phenols is 1. The lowest BCUT2D eigenvalue weighted by atomic mass is 10.2. The molecule has 0 aromatic heterocycles. The first kappa shape index (κ1) is 7.70. The normalized spacial score (nSPS) is 9.90. The standard InChI is InChI=1S/C7H5Cl2O/c1-4-2-3-5(10)7(9)6(4)8/h2-3,10H,1H2. The van der Waals surface area contributed by atoms with E-state index in [1.165, 1.54) is 6.07 Å². The summed E-state index contributed by atoms with van der Waals surface area (Å²) >= 11 is 11.2. The minimum Gasteiger partial charge on any atom is -0.506 e. The van der Waals surface area contributed by atoms with E-state index in [1.807, 2.05) is 0 Å². The van der Waals surface area contributed by atoms with Crippen LogP contribution in [-0.2, 0) is 0 Å². The van der Waals surface area contributed by atoms with Crippen molar-refractivity contribution in [3.8, 4) is 5.75 Å². The summed E-state index contributed by atoms with van der Waals surface area (Å²) in [4.78, 5) is 0. The van der Waals surface area contributed by atoms with E-state index in [0.29, 0.717) is 10.6 Å². The fourth-order valence-corrected chi connectivity index (χ4v) is 0.923. The Morgan fingerprint density at radius 1 is 1.20 bits per heavy atom. The number of hydrogen-bond acceptors (Lipinski definition) is 1. The van der Waals surface area contributed by atoms with Crippen LogP contribution in [0.1, 0.15) is 5.56 Å². The molecule has 0 heterocycles. The second kappa shape index (κ2) is 2.69. The zero-order valence-electron chi connectivity index (χ0n) is 5.06. The predicted molar refractivity (Wildman–Crippen MR) is 42.6 cm³/mol. The summed E-state index contributed by atoms with van der Waals surface area (Å²) in [6.07, 6.45) is 0. The third kappa shape index (κ3) is 1.20. The fourth-order valence-electron chi connectivity index (χ4n) is 0.579. The Kier molecular flexibility index (Phi) is 2.07. The van der Waals surface area contributed by atoms with E-state index < -0.39 is 0 Å². The van der Waals surface area contributed by atoms with Crippen LogP contribution in [0.3, 0.4) is 0 Å². The third-order valence-corrected chi connectivity index (χ3v) is 2.05. The van der Waals surface area contributed by atoms with Crippen molar-refractivity contribution in [1.82, 2.24) is 0 Å². The van der Waals surface area contributed by atoms with E-state index in [0.717, 1.165) is 0 Å². The van der Waals surface area contributed by atoms with Gasteiger partial charge in [-0.25, -0.2) is 0 Å². The van der Waals surface area contributed by atoms with Crippen molar-refractivity contribution in [2.45, 2.75) is 0 Å². The van der Waals surface area contributed by atoms with Crippen LogP contribution in [0.4, 0.5) is 0 Å². The number of phenolic OH excluding ortho intramolecular Hbond substituents is 1. The minimum atomic E-state index is -0.0148. The van der Waals surface area contributed by atoms with Gasteiger partial charge in [-0.1, -0.05) is 29.3 Å². The smallest absolute Gasteiger partial charge is 0.135 e. The first-order valence-electron chi connectivity index (χ1n) is 2.62. The average molecular weight is 176 g/mol. The summed E-state index contributed by atoms with van der Waals surface area (Å²) in [6.45, 7) is 3.59. The van der Waals surface area contributed by atoms with Crippen LogP contribution in [0.25, 0.3) is 0 Å². The molecule has 1 nitrogen and oxygen atoms in total. The quantitative estimate of drug-likeness (QED) is 0.644. The topological polar surface area (TPSA) is 20.2 Å². The maximum Gasteiger partial charge on any atom is 0.135 e. The predicted octanol–water partition coefficient (Wildman–Crippen LogP) is 2.88. The lowest BCUT2D eigenvalue weighted by molar-refractivity contribution is 0.475. The molecule has 0 saturated carbocycles. The second-order valence-corrected chi connectivity index (χ2v) is 2.63. The molecule has 1 rings (SSSR count). The third-order valence-electron chi connectivity index (χ3n) is 1.14. The summed E-state index contributed by atoms with van der Waals surface area (Å²) in [5, 5.41) is 9.45. The molecule has 0 aliphatic heterocycles.